The monoisotopic (exact) mass is 593 g/mol. The van der Waals surface area contributed by atoms with Crippen LogP contribution in [-0.2, 0) is 9.84 Å². The van der Waals surface area contributed by atoms with Crippen LogP contribution in [0.4, 0.5) is 14.5 Å². The molecule has 0 spiro atoms. The lowest BCUT2D eigenvalue weighted by atomic mass is 10.2. The number of nitro groups is 1. The number of nitro benzene ring substituents is 1. The van der Waals surface area contributed by atoms with Crippen LogP contribution in [0.5, 0.6) is 28.9 Å². The van der Waals surface area contributed by atoms with Gasteiger partial charge in [-0.2, -0.15) is 8.78 Å². The Labute approximate surface area is 199 Å². The number of hydrogen-bond acceptors (Lipinski definition) is 9. The first kappa shape index (κ1) is 24.5. The number of halogens is 3. The summed E-state index contributed by atoms with van der Waals surface area (Å²) in [6, 6.07) is 7.63. The van der Waals surface area contributed by atoms with Gasteiger partial charge in [0.15, 0.2) is 32.1 Å². The molecule has 0 aliphatic heterocycles. The molecule has 0 bridgehead atoms. The van der Waals surface area contributed by atoms with E-state index in [4.69, 9.17) is 9.47 Å². The van der Waals surface area contributed by atoms with Crippen LogP contribution >= 0.6 is 22.6 Å². The number of ether oxygens (including phenoxy) is 3. The largest absolute Gasteiger partial charge is 0.452 e. The number of benzene rings is 1. The van der Waals surface area contributed by atoms with E-state index < -0.39 is 27.3 Å². The van der Waals surface area contributed by atoms with Crippen molar-refractivity contribution in [1.82, 2.24) is 9.97 Å². The minimum absolute atomic E-state index is 0.0234. The van der Waals surface area contributed by atoms with Gasteiger partial charge in [-0.3, -0.25) is 10.1 Å². The van der Waals surface area contributed by atoms with Crippen LogP contribution < -0.4 is 14.2 Å². The standard InChI is InChI=1S/C19H14F2IN3O7S/c1-2-33(28,29)17-6-5-11(10-24-17)30-15-8-12(22)13(25(26)27)9-16(15)31-14-4-3-7-23-18(14)32-19(20)21/h3-10,19H,2H2,1H3. The first-order chi connectivity index (χ1) is 15.6. The molecule has 33 heavy (non-hydrogen) atoms. The third-order valence-electron chi connectivity index (χ3n) is 4.00. The molecule has 0 amide bonds. The molecule has 0 saturated heterocycles. The average molecular weight is 593 g/mol. The number of rotatable bonds is 9. The minimum Gasteiger partial charge on any atom is -0.452 e. The van der Waals surface area contributed by atoms with Crippen molar-refractivity contribution in [3.63, 3.8) is 0 Å². The van der Waals surface area contributed by atoms with Gasteiger partial charge in [0.2, 0.25) is 0 Å². The fourth-order valence-electron chi connectivity index (χ4n) is 2.45. The van der Waals surface area contributed by atoms with Crippen molar-refractivity contribution in [2.45, 2.75) is 18.6 Å². The van der Waals surface area contributed by atoms with E-state index in [0.29, 0.717) is 0 Å². The Hall–Kier alpha value is -3.14. The van der Waals surface area contributed by atoms with Gasteiger partial charge < -0.3 is 14.2 Å². The van der Waals surface area contributed by atoms with Crippen molar-refractivity contribution in [1.29, 1.82) is 0 Å². The lowest BCUT2D eigenvalue weighted by Crippen LogP contribution is -2.06. The lowest BCUT2D eigenvalue weighted by molar-refractivity contribution is -0.385. The number of alkyl halides is 2. The molecule has 0 unspecified atom stereocenters. The summed E-state index contributed by atoms with van der Waals surface area (Å²) in [5.41, 5.74) is -0.319. The smallest absolute Gasteiger partial charge is 0.388 e. The summed E-state index contributed by atoms with van der Waals surface area (Å²) >= 11 is 1.73. The van der Waals surface area contributed by atoms with Crippen molar-refractivity contribution in [2.75, 3.05) is 5.75 Å². The lowest BCUT2D eigenvalue weighted by Gasteiger charge is -2.15. The summed E-state index contributed by atoms with van der Waals surface area (Å²) in [5.74, 6) is -1.01. The summed E-state index contributed by atoms with van der Waals surface area (Å²) < 4.78 is 65.0. The summed E-state index contributed by atoms with van der Waals surface area (Å²) in [7, 11) is -3.52. The van der Waals surface area contributed by atoms with E-state index in [-0.39, 0.29) is 43.0 Å². The van der Waals surface area contributed by atoms with Crippen molar-refractivity contribution in [3.05, 3.63) is 62.5 Å². The van der Waals surface area contributed by atoms with Crippen LogP contribution in [0.15, 0.2) is 53.8 Å². The van der Waals surface area contributed by atoms with Crippen LogP contribution in [0.1, 0.15) is 6.92 Å². The molecule has 0 atom stereocenters. The van der Waals surface area contributed by atoms with Gasteiger partial charge in [0, 0.05) is 12.3 Å². The van der Waals surface area contributed by atoms with Crippen LogP contribution in [0.25, 0.3) is 0 Å². The molecule has 1 aromatic carbocycles. The predicted octanol–water partition coefficient (Wildman–Crippen LogP) is 4.97. The van der Waals surface area contributed by atoms with E-state index in [1.807, 2.05) is 0 Å². The molecule has 3 rings (SSSR count). The SMILES string of the molecule is CCS(=O)(=O)c1ccc(Oc2cc(I)c([N+](=O)[O-])cc2Oc2cccnc2OC(F)F)cn1. The van der Waals surface area contributed by atoms with Crippen LogP contribution in [0.2, 0.25) is 0 Å². The van der Waals surface area contributed by atoms with Crippen molar-refractivity contribution >= 4 is 38.1 Å². The summed E-state index contributed by atoms with van der Waals surface area (Å²) in [6.45, 7) is -1.69. The van der Waals surface area contributed by atoms with Crippen molar-refractivity contribution < 1.29 is 36.3 Å². The zero-order valence-electron chi connectivity index (χ0n) is 16.6. The predicted molar refractivity (Wildman–Crippen MR) is 119 cm³/mol. The highest BCUT2D eigenvalue weighted by Crippen LogP contribution is 2.42. The molecule has 3 aromatic rings. The number of nitrogens with zero attached hydrogens (tertiary/aromatic N) is 3. The first-order valence-corrected chi connectivity index (χ1v) is 11.8. The number of hydrogen-bond donors (Lipinski definition) is 0. The Bertz CT molecular complexity index is 1270. The second kappa shape index (κ2) is 10.2. The fourth-order valence-corrected chi connectivity index (χ4v) is 3.87. The van der Waals surface area contributed by atoms with E-state index in [1.54, 1.807) is 22.6 Å². The second-order valence-electron chi connectivity index (χ2n) is 6.13. The van der Waals surface area contributed by atoms with Gasteiger partial charge in [0.05, 0.1) is 26.5 Å². The second-order valence-corrected chi connectivity index (χ2v) is 9.52. The van der Waals surface area contributed by atoms with Gasteiger partial charge in [-0.1, -0.05) is 6.92 Å². The Morgan fingerprint density at radius 1 is 1.12 bits per heavy atom. The molecule has 0 N–H and O–H groups in total. The van der Waals surface area contributed by atoms with Gasteiger partial charge in [-0.25, -0.2) is 18.4 Å². The maximum atomic E-state index is 12.7. The molecule has 14 heteroatoms. The topological polar surface area (TPSA) is 131 Å². The molecule has 0 aliphatic rings. The average Bonchev–Trinajstić information content (AvgIpc) is 2.76. The number of pyridine rings is 2. The minimum atomic E-state index is -3.52. The van der Waals surface area contributed by atoms with Gasteiger partial charge in [-0.15, -0.1) is 0 Å². The molecule has 0 saturated carbocycles. The highest BCUT2D eigenvalue weighted by Gasteiger charge is 2.22. The molecule has 2 aromatic heterocycles. The first-order valence-electron chi connectivity index (χ1n) is 9.03. The van der Waals surface area contributed by atoms with Gasteiger partial charge in [0.25, 0.3) is 11.6 Å². The number of aromatic nitrogens is 2. The van der Waals surface area contributed by atoms with Gasteiger partial charge >= 0.3 is 6.61 Å². The van der Waals surface area contributed by atoms with Crippen LogP contribution in [0, 0.1) is 13.7 Å². The van der Waals surface area contributed by atoms with E-state index in [9.17, 15) is 27.3 Å². The molecule has 0 radical (unpaired) electrons. The molecular formula is C19H14F2IN3O7S. The van der Waals surface area contributed by atoms with E-state index in [0.717, 1.165) is 12.3 Å². The maximum absolute atomic E-state index is 12.7. The summed E-state index contributed by atoms with van der Waals surface area (Å²) in [6.07, 6.45) is 2.37. The van der Waals surface area contributed by atoms with Crippen LogP contribution in [0.3, 0.4) is 0 Å². The third kappa shape index (κ3) is 6.01. The van der Waals surface area contributed by atoms with E-state index >= 15 is 0 Å². The van der Waals surface area contributed by atoms with Crippen LogP contribution in [-0.4, -0.2) is 35.7 Å². The molecular weight excluding hydrogens is 579 g/mol. The maximum Gasteiger partial charge on any atom is 0.388 e. The normalized spacial score (nSPS) is 11.3. The molecule has 10 nitrogen and oxygen atoms in total. The van der Waals surface area contributed by atoms with Crippen molar-refractivity contribution in [3.8, 4) is 28.9 Å². The number of sulfone groups is 1. The quantitative estimate of drug-likeness (QED) is 0.192. The highest BCUT2D eigenvalue weighted by molar-refractivity contribution is 14.1. The third-order valence-corrected chi connectivity index (χ3v) is 6.51. The summed E-state index contributed by atoms with van der Waals surface area (Å²) in [5, 5.41) is 11.2. The Morgan fingerprint density at radius 2 is 1.85 bits per heavy atom. The molecule has 174 valence electrons. The zero-order chi connectivity index (χ0) is 24.2. The molecule has 0 aliphatic carbocycles. The Kier molecular flexibility index (Phi) is 7.57. The van der Waals surface area contributed by atoms with E-state index in [2.05, 4.69) is 14.7 Å². The van der Waals surface area contributed by atoms with Gasteiger partial charge in [0.1, 0.15) is 5.75 Å². The zero-order valence-corrected chi connectivity index (χ0v) is 19.6. The highest BCUT2D eigenvalue weighted by atomic mass is 127. The van der Waals surface area contributed by atoms with Gasteiger partial charge in [-0.05, 0) is 46.9 Å². The molecule has 2 heterocycles. The summed E-state index contributed by atoms with van der Waals surface area (Å²) in [4.78, 5) is 18.3. The van der Waals surface area contributed by atoms with E-state index in [1.165, 1.54) is 43.5 Å². The molecule has 0 fully saturated rings. The Balaban J connectivity index is 2.00. The van der Waals surface area contributed by atoms with Crippen molar-refractivity contribution in [2.24, 2.45) is 0 Å². The Morgan fingerprint density at radius 3 is 2.45 bits per heavy atom. The fraction of sp³-hybridized carbons (Fsp3) is 0.158.